The molecule has 0 aliphatic heterocycles. The Labute approximate surface area is 171 Å². The van der Waals surface area contributed by atoms with E-state index >= 15 is 0 Å². The molecule has 27 heavy (non-hydrogen) atoms. The van der Waals surface area contributed by atoms with Crippen molar-refractivity contribution in [2.75, 3.05) is 5.75 Å². The lowest BCUT2D eigenvalue weighted by molar-refractivity contribution is -0.141. The van der Waals surface area contributed by atoms with Gasteiger partial charge >= 0.3 is 5.97 Å². The van der Waals surface area contributed by atoms with Crippen LogP contribution in [-0.2, 0) is 22.7 Å². The minimum absolute atomic E-state index is 0.142. The molecule has 5 nitrogen and oxygen atoms in total. The maximum Gasteiger partial charge on any atom is 0.316 e. The molecule has 0 aliphatic rings. The van der Waals surface area contributed by atoms with E-state index in [0.29, 0.717) is 21.7 Å². The highest BCUT2D eigenvalue weighted by molar-refractivity contribution is 7.99. The molecule has 0 amide bonds. The SMILES string of the molecule is CCn1c(SCC(=O)OCc2ccccc2Cl)nnc1-c1ccc(Cl)cc1. The van der Waals surface area contributed by atoms with Crippen LogP contribution in [0.25, 0.3) is 11.4 Å². The molecule has 0 radical (unpaired) electrons. The van der Waals surface area contributed by atoms with Crippen LogP contribution in [-0.4, -0.2) is 26.5 Å². The van der Waals surface area contributed by atoms with Gasteiger partial charge in [0.15, 0.2) is 11.0 Å². The van der Waals surface area contributed by atoms with Gasteiger partial charge < -0.3 is 9.30 Å². The van der Waals surface area contributed by atoms with E-state index in [4.69, 9.17) is 27.9 Å². The van der Waals surface area contributed by atoms with Crippen molar-refractivity contribution in [2.45, 2.75) is 25.2 Å². The van der Waals surface area contributed by atoms with Crippen molar-refractivity contribution < 1.29 is 9.53 Å². The quantitative estimate of drug-likeness (QED) is 0.391. The fourth-order valence-corrected chi connectivity index (χ4v) is 3.55. The van der Waals surface area contributed by atoms with Crippen molar-refractivity contribution in [2.24, 2.45) is 0 Å². The molecule has 0 atom stereocenters. The van der Waals surface area contributed by atoms with E-state index in [0.717, 1.165) is 17.0 Å². The molecule has 3 aromatic rings. The molecule has 0 unspecified atom stereocenters. The highest BCUT2D eigenvalue weighted by atomic mass is 35.5. The van der Waals surface area contributed by atoms with Crippen LogP contribution in [0.15, 0.2) is 53.7 Å². The highest BCUT2D eigenvalue weighted by Crippen LogP contribution is 2.25. The van der Waals surface area contributed by atoms with E-state index in [1.807, 2.05) is 54.0 Å². The maximum atomic E-state index is 12.1. The van der Waals surface area contributed by atoms with Crippen LogP contribution in [0.5, 0.6) is 0 Å². The minimum Gasteiger partial charge on any atom is -0.460 e. The summed E-state index contributed by atoms with van der Waals surface area (Å²) < 4.78 is 7.25. The molecule has 0 bridgehead atoms. The number of aromatic nitrogens is 3. The number of carbonyl (C=O) groups excluding carboxylic acids is 1. The number of halogens is 2. The Morgan fingerprint density at radius 1 is 1.11 bits per heavy atom. The summed E-state index contributed by atoms with van der Waals surface area (Å²) in [5.74, 6) is 0.545. The third-order valence-electron chi connectivity index (χ3n) is 3.80. The molecular weight excluding hydrogens is 405 g/mol. The highest BCUT2D eigenvalue weighted by Gasteiger charge is 2.15. The summed E-state index contributed by atoms with van der Waals surface area (Å²) in [5, 5.41) is 10.4. The summed E-state index contributed by atoms with van der Waals surface area (Å²) in [6.45, 7) is 2.83. The Kier molecular flexibility index (Phi) is 6.77. The van der Waals surface area contributed by atoms with Crippen molar-refractivity contribution >= 4 is 40.9 Å². The fourth-order valence-electron chi connectivity index (χ4n) is 2.43. The van der Waals surface area contributed by atoms with Crippen LogP contribution < -0.4 is 0 Å². The lowest BCUT2D eigenvalue weighted by Crippen LogP contribution is -2.09. The predicted octanol–water partition coefficient (Wildman–Crippen LogP) is 5.11. The second kappa shape index (κ2) is 9.26. The van der Waals surface area contributed by atoms with Crippen LogP contribution in [0.2, 0.25) is 10.0 Å². The predicted molar refractivity (Wildman–Crippen MR) is 108 cm³/mol. The molecular formula is C19H17Cl2N3O2S. The summed E-state index contributed by atoms with van der Waals surface area (Å²) in [6, 6.07) is 14.7. The van der Waals surface area contributed by atoms with E-state index in [9.17, 15) is 4.79 Å². The first kappa shape index (κ1) is 19.7. The van der Waals surface area contributed by atoms with Crippen molar-refractivity contribution in [3.8, 4) is 11.4 Å². The third-order valence-corrected chi connectivity index (χ3v) is 5.36. The van der Waals surface area contributed by atoms with Gasteiger partial charge in [-0.1, -0.05) is 53.2 Å². The average Bonchev–Trinajstić information content (AvgIpc) is 3.09. The summed E-state index contributed by atoms with van der Waals surface area (Å²) in [4.78, 5) is 12.1. The van der Waals surface area contributed by atoms with Gasteiger partial charge in [0.25, 0.3) is 0 Å². The molecule has 3 rings (SSSR count). The van der Waals surface area contributed by atoms with Crippen LogP contribution >= 0.6 is 35.0 Å². The summed E-state index contributed by atoms with van der Waals surface area (Å²) in [5.41, 5.74) is 1.70. The number of rotatable bonds is 7. The lowest BCUT2D eigenvalue weighted by Gasteiger charge is -2.08. The van der Waals surface area contributed by atoms with Crippen LogP contribution in [0, 0.1) is 0 Å². The van der Waals surface area contributed by atoms with Crippen molar-refractivity contribution in [1.82, 2.24) is 14.8 Å². The van der Waals surface area contributed by atoms with Gasteiger partial charge in [-0.3, -0.25) is 4.79 Å². The number of nitrogens with zero attached hydrogens (tertiary/aromatic N) is 3. The van der Waals surface area contributed by atoms with E-state index < -0.39 is 0 Å². The molecule has 0 aliphatic carbocycles. The van der Waals surface area contributed by atoms with Gasteiger partial charge in [-0.05, 0) is 37.3 Å². The largest absolute Gasteiger partial charge is 0.460 e. The van der Waals surface area contributed by atoms with Gasteiger partial charge in [0.1, 0.15) is 6.61 Å². The Hall–Kier alpha value is -2.02. The monoisotopic (exact) mass is 421 g/mol. The van der Waals surface area contributed by atoms with Crippen molar-refractivity contribution in [1.29, 1.82) is 0 Å². The van der Waals surface area contributed by atoms with Crippen LogP contribution in [0.1, 0.15) is 12.5 Å². The Balaban J connectivity index is 1.61. The molecule has 0 fully saturated rings. The van der Waals surface area contributed by atoms with Crippen LogP contribution in [0.4, 0.5) is 0 Å². The number of esters is 1. The first-order chi connectivity index (χ1) is 13.1. The minimum atomic E-state index is -0.335. The number of thioether (sulfide) groups is 1. The molecule has 140 valence electrons. The number of hydrogen-bond acceptors (Lipinski definition) is 5. The molecule has 0 saturated heterocycles. The van der Waals surface area contributed by atoms with Crippen molar-refractivity contribution in [3.63, 3.8) is 0 Å². The molecule has 0 N–H and O–H groups in total. The lowest BCUT2D eigenvalue weighted by atomic mass is 10.2. The molecule has 0 spiro atoms. The van der Waals surface area contributed by atoms with Gasteiger partial charge in [0, 0.05) is 27.7 Å². The zero-order valence-electron chi connectivity index (χ0n) is 14.6. The third kappa shape index (κ3) is 5.03. The zero-order chi connectivity index (χ0) is 19.2. The topological polar surface area (TPSA) is 57.0 Å². The molecule has 1 aromatic heterocycles. The van der Waals surface area contributed by atoms with Gasteiger partial charge in [0.2, 0.25) is 0 Å². The average molecular weight is 422 g/mol. The zero-order valence-corrected chi connectivity index (χ0v) is 16.9. The maximum absolute atomic E-state index is 12.1. The van der Waals surface area contributed by atoms with E-state index in [-0.39, 0.29) is 18.3 Å². The summed E-state index contributed by atoms with van der Waals surface area (Å²) in [7, 11) is 0. The Bertz CT molecular complexity index is 929. The number of hydrogen-bond donors (Lipinski definition) is 0. The van der Waals surface area contributed by atoms with Gasteiger partial charge in [0.05, 0.1) is 5.75 Å². The second-order valence-electron chi connectivity index (χ2n) is 5.60. The van der Waals surface area contributed by atoms with E-state index in [2.05, 4.69) is 10.2 Å². The van der Waals surface area contributed by atoms with Crippen molar-refractivity contribution in [3.05, 3.63) is 64.1 Å². The summed E-state index contributed by atoms with van der Waals surface area (Å²) in [6.07, 6.45) is 0. The standard InChI is InChI=1S/C19H17Cl2N3O2S/c1-2-24-18(13-7-9-15(20)10-8-13)22-23-19(24)27-12-17(25)26-11-14-5-3-4-6-16(14)21/h3-10H,2,11-12H2,1H3. The molecule has 2 aromatic carbocycles. The van der Waals surface area contributed by atoms with Gasteiger partial charge in [-0.2, -0.15) is 0 Å². The smallest absolute Gasteiger partial charge is 0.316 e. The number of ether oxygens (including phenoxy) is 1. The molecule has 8 heteroatoms. The Morgan fingerprint density at radius 2 is 1.85 bits per heavy atom. The first-order valence-electron chi connectivity index (χ1n) is 8.29. The second-order valence-corrected chi connectivity index (χ2v) is 7.38. The first-order valence-corrected chi connectivity index (χ1v) is 10.0. The molecule has 0 saturated carbocycles. The van der Waals surface area contributed by atoms with Gasteiger partial charge in [-0.25, -0.2) is 0 Å². The molecule has 1 heterocycles. The van der Waals surface area contributed by atoms with E-state index in [1.165, 1.54) is 11.8 Å². The normalized spacial score (nSPS) is 10.8. The summed E-state index contributed by atoms with van der Waals surface area (Å²) >= 11 is 13.3. The fraction of sp³-hybridized carbons (Fsp3) is 0.211. The number of benzene rings is 2. The number of carbonyl (C=O) groups is 1. The van der Waals surface area contributed by atoms with E-state index in [1.54, 1.807) is 6.07 Å². The van der Waals surface area contributed by atoms with Gasteiger partial charge in [-0.15, -0.1) is 10.2 Å². The van der Waals surface area contributed by atoms with Crippen LogP contribution in [0.3, 0.4) is 0 Å². The Morgan fingerprint density at radius 3 is 2.56 bits per heavy atom.